The maximum absolute atomic E-state index is 9.80. The van der Waals surface area contributed by atoms with Crippen LogP contribution in [0.2, 0.25) is 0 Å². The van der Waals surface area contributed by atoms with Crippen LogP contribution in [-0.2, 0) is 4.74 Å². The number of hydrogen-bond acceptors (Lipinski definition) is 6. The third kappa shape index (κ3) is 2.98. The molecule has 1 aliphatic heterocycles. The van der Waals surface area contributed by atoms with E-state index in [4.69, 9.17) is 14.2 Å². The smallest absolute Gasteiger partial charge is 0.229 e. The Morgan fingerprint density at radius 3 is 2.58 bits per heavy atom. The molecule has 1 aromatic carbocycles. The van der Waals surface area contributed by atoms with Gasteiger partial charge in [0.25, 0.3) is 0 Å². The van der Waals surface area contributed by atoms with E-state index in [1.165, 1.54) is 7.11 Å². The molecule has 6 heteroatoms. The van der Waals surface area contributed by atoms with E-state index in [1.807, 2.05) is 13.0 Å². The van der Waals surface area contributed by atoms with Gasteiger partial charge in [-0.1, -0.05) is 6.07 Å². The number of benzene rings is 1. The van der Waals surface area contributed by atoms with Crippen LogP contribution in [0.3, 0.4) is 0 Å². The minimum atomic E-state index is -1.33. The molecule has 0 aliphatic carbocycles. The van der Waals surface area contributed by atoms with Crippen LogP contribution in [0.4, 0.5) is 0 Å². The summed E-state index contributed by atoms with van der Waals surface area (Å²) in [5, 5.41) is 28.7. The normalized spacial score (nSPS) is 31.0. The van der Waals surface area contributed by atoms with Crippen LogP contribution < -0.4 is 9.47 Å². The molecule has 4 atom stereocenters. The van der Waals surface area contributed by atoms with Crippen molar-refractivity contribution in [2.75, 3.05) is 13.7 Å². The fraction of sp³-hybridized carbons (Fsp3) is 0.538. The number of aliphatic hydroxyl groups excluding tert-OH is 3. The van der Waals surface area contributed by atoms with Crippen LogP contribution in [0.15, 0.2) is 18.2 Å². The maximum atomic E-state index is 9.80. The van der Waals surface area contributed by atoms with Gasteiger partial charge in [0, 0.05) is 0 Å². The van der Waals surface area contributed by atoms with E-state index in [9.17, 15) is 15.3 Å². The second kappa shape index (κ2) is 5.75. The van der Waals surface area contributed by atoms with Gasteiger partial charge in [0.2, 0.25) is 6.29 Å². The topological polar surface area (TPSA) is 88.4 Å². The summed E-state index contributed by atoms with van der Waals surface area (Å²) in [7, 11) is 1.51. The van der Waals surface area contributed by atoms with Crippen LogP contribution in [0.1, 0.15) is 5.56 Å². The quantitative estimate of drug-likeness (QED) is 0.706. The Morgan fingerprint density at radius 1 is 1.16 bits per heavy atom. The maximum Gasteiger partial charge on any atom is 0.229 e. The lowest BCUT2D eigenvalue weighted by molar-refractivity contribution is -0.242. The summed E-state index contributed by atoms with van der Waals surface area (Å²) in [5.41, 5.74) is 0.960. The van der Waals surface area contributed by atoms with Crippen LogP contribution in [-0.4, -0.2) is 53.6 Å². The van der Waals surface area contributed by atoms with E-state index in [2.05, 4.69) is 0 Å². The van der Waals surface area contributed by atoms with Gasteiger partial charge in [0.1, 0.15) is 18.3 Å². The third-order valence-corrected chi connectivity index (χ3v) is 3.02. The van der Waals surface area contributed by atoms with Crippen LogP contribution >= 0.6 is 0 Å². The van der Waals surface area contributed by atoms with E-state index < -0.39 is 24.6 Å². The average Bonchev–Trinajstić information content (AvgIpc) is 2.40. The van der Waals surface area contributed by atoms with Gasteiger partial charge < -0.3 is 29.5 Å². The molecule has 1 heterocycles. The molecule has 0 saturated carbocycles. The molecule has 2 rings (SSSR count). The first-order valence-electron chi connectivity index (χ1n) is 6.00. The van der Waals surface area contributed by atoms with Gasteiger partial charge in [0.05, 0.1) is 13.7 Å². The molecule has 0 radical (unpaired) electrons. The first-order chi connectivity index (χ1) is 9.02. The second-order valence-electron chi connectivity index (χ2n) is 4.52. The Kier molecular flexibility index (Phi) is 4.26. The number of methoxy groups -OCH3 is 1. The Balaban J connectivity index is 2.14. The summed E-state index contributed by atoms with van der Waals surface area (Å²) < 4.78 is 15.9. The van der Waals surface area contributed by atoms with Gasteiger partial charge in [-0.2, -0.15) is 0 Å². The molecule has 19 heavy (non-hydrogen) atoms. The number of ether oxygens (including phenoxy) is 3. The van der Waals surface area contributed by atoms with Crippen LogP contribution in [0.25, 0.3) is 0 Å². The van der Waals surface area contributed by atoms with E-state index >= 15 is 0 Å². The SMILES string of the molecule is COc1ccc(C)cc1OC1OCC(O)C(O)C1O. The molecule has 1 aromatic rings. The highest BCUT2D eigenvalue weighted by Crippen LogP contribution is 2.30. The van der Waals surface area contributed by atoms with E-state index in [1.54, 1.807) is 12.1 Å². The number of rotatable bonds is 3. The van der Waals surface area contributed by atoms with E-state index in [0.717, 1.165) is 5.56 Å². The average molecular weight is 270 g/mol. The second-order valence-corrected chi connectivity index (χ2v) is 4.52. The lowest BCUT2D eigenvalue weighted by Crippen LogP contribution is -2.54. The van der Waals surface area contributed by atoms with Gasteiger partial charge >= 0.3 is 0 Å². The van der Waals surface area contributed by atoms with Crippen molar-refractivity contribution in [1.29, 1.82) is 0 Å². The molecule has 0 aromatic heterocycles. The van der Waals surface area contributed by atoms with Crippen LogP contribution in [0.5, 0.6) is 11.5 Å². The summed E-state index contributed by atoms with van der Waals surface area (Å²) in [6.07, 6.45) is -4.79. The minimum Gasteiger partial charge on any atom is -0.493 e. The highest BCUT2D eigenvalue weighted by Gasteiger charge is 2.39. The lowest BCUT2D eigenvalue weighted by atomic mass is 10.1. The molecular weight excluding hydrogens is 252 g/mol. The predicted molar refractivity (Wildman–Crippen MR) is 66.1 cm³/mol. The van der Waals surface area contributed by atoms with E-state index in [-0.39, 0.29) is 6.61 Å². The predicted octanol–water partition coefficient (Wildman–Crippen LogP) is -0.179. The standard InChI is InChI=1S/C13H18O6/c1-7-3-4-9(17-2)10(5-7)19-13-12(16)11(15)8(14)6-18-13/h3-5,8,11-16H,6H2,1-2H3. The van der Waals surface area contributed by atoms with Crippen molar-refractivity contribution in [1.82, 2.24) is 0 Å². The van der Waals surface area contributed by atoms with Gasteiger partial charge in [-0.25, -0.2) is 0 Å². The monoisotopic (exact) mass is 270 g/mol. The van der Waals surface area contributed by atoms with Gasteiger partial charge in [0.15, 0.2) is 11.5 Å². The van der Waals surface area contributed by atoms with Crippen molar-refractivity contribution in [3.63, 3.8) is 0 Å². The molecule has 3 N–H and O–H groups in total. The molecule has 0 bridgehead atoms. The summed E-state index contributed by atoms with van der Waals surface area (Å²) in [6, 6.07) is 5.35. The number of aryl methyl sites for hydroxylation is 1. The molecule has 1 aliphatic rings. The van der Waals surface area contributed by atoms with Gasteiger partial charge in [-0.15, -0.1) is 0 Å². The van der Waals surface area contributed by atoms with Crippen molar-refractivity contribution in [3.05, 3.63) is 23.8 Å². The summed E-state index contributed by atoms with van der Waals surface area (Å²) in [6.45, 7) is 1.79. The lowest BCUT2D eigenvalue weighted by Gasteiger charge is -2.35. The molecule has 4 unspecified atom stereocenters. The Bertz CT molecular complexity index is 435. The van der Waals surface area contributed by atoms with Crippen molar-refractivity contribution < 1.29 is 29.5 Å². The Labute approximate surface area is 111 Å². The molecule has 0 amide bonds. The fourth-order valence-electron chi connectivity index (χ4n) is 1.88. The molecule has 1 fully saturated rings. The molecule has 6 nitrogen and oxygen atoms in total. The Morgan fingerprint density at radius 2 is 1.89 bits per heavy atom. The minimum absolute atomic E-state index is 0.100. The molecule has 0 spiro atoms. The Hall–Kier alpha value is -1.34. The zero-order valence-electron chi connectivity index (χ0n) is 10.8. The highest BCUT2D eigenvalue weighted by molar-refractivity contribution is 5.42. The van der Waals surface area contributed by atoms with Crippen molar-refractivity contribution >= 4 is 0 Å². The number of aliphatic hydroxyl groups is 3. The summed E-state index contributed by atoms with van der Waals surface area (Å²) >= 11 is 0. The summed E-state index contributed by atoms with van der Waals surface area (Å²) in [4.78, 5) is 0. The van der Waals surface area contributed by atoms with Crippen molar-refractivity contribution in [2.24, 2.45) is 0 Å². The molecule has 1 saturated heterocycles. The molecular formula is C13H18O6. The van der Waals surface area contributed by atoms with E-state index in [0.29, 0.717) is 11.5 Å². The van der Waals surface area contributed by atoms with Crippen molar-refractivity contribution in [3.8, 4) is 11.5 Å². The third-order valence-electron chi connectivity index (χ3n) is 3.02. The van der Waals surface area contributed by atoms with Gasteiger partial charge in [-0.3, -0.25) is 0 Å². The van der Waals surface area contributed by atoms with Crippen molar-refractivity contribution in [2.45, 2.75) is 31.5 Å². The number of hydrogen-bond donors (Lipinski definition) is 3. The summed E-state index contributed by atoms with van der Waals surface area (Å²) in [5.74, 6) is 0.914. The molecule has 106 valence electrons. The first kappa shape index (κ1) is 14.1. The van der Waals surface area contributed by atoms with Gasteiger partial charge in [-0.05, 0) is 24.6 Å². The fourth-order valence-corrected chi connectivity index (χ4v) is 1.88. The zero-order valence-corrected chi connectivity index (χ0v) is 10.8. The highest BCUT2D eigenvalue weighted by atomic mass is 16.7. The first-order valence-corrected chi connectivity index (χ1v) is 6.00. The largest absolute Gasteiger partial charge is 0.493 e. The zero-order chi connectivity index (χ0) is 14.0. The van der Waals surface area contributed by atoms with Crippen LogP contribution in [0, 0.1) is 6.92 Å².